The molecular formula is C17H29NO. The first kappa shape index (κ1) is 16.2. The van der Waals surface area contributed by atoms with Crippen molar-refractivity contribution in [2.75, 3.05) is 19.8 Å². The van der Waals surface area contributed by atoms with E-state index in [4.69, 9.17) is 4.74 Å². The first-order valence-corrected chi connectivity index (χ1v) is 7.31. The Morgan fingerprint density at radius 3 is 2.11 bits per heavy atom. The zero-order chi connectivity index (χ0) is 14.4. The predicted molar refractivity (Wildman–Crippen MR) is 83.1 cm³/mol. The van der Waals surface area contributed by atoms with Gasteiger partial charge in [0.05, 0.1) is 13.2 Å². The summed E-state index contributed by atoms with van der Waals surface area (Å²) >= 11 is 0. The summed E-state index contributed by atoms with van der Waals surface area (Å²) in [6, 6.07) is 2.81. The second kappa shape index (κ2) is 7.66. The highest BCUT2D eigenvalue weighted by Gasteiger charge is 2.08. The van der Waals surface area contributed by atoms with E-state index in [0.29, 0.717) is 6.04 Å². The summed E-state index contributed by atoms with van der Waals surface area (Å²) in [5, 5.41) is 3.36. The molecule has 19 heavy (non-hydrogen) atoms. The van der Waals surface area contributed by atoms with Gasteiger partial charge in [-0.25, -0.2) is 0 Å². The minimum atomic E-state index is 0.535. The molecule has 0 amide bonds. The minimum absolute atomic E-state index is 0.535. The fraction of sp³-hybridized carbons (Fsp3) is 0.647. The Bertz CT molecular complexity index is 384. The van der Waals surface area contributed by atoms with E-state index in [1.165, 1.54) is 27.8 Å². The van der Waals surface area contributed by atoms with Gasteiger partial charge in [-0.2, -0.15) is 0 Å². The first-order valence-electron chi connectivity index (χ1n) is 7.31. The Labute approximate surface area is 118 Å². The molecule has 1 aromatic rings. The summed E-state index contributed by atoms with van der Waals surface area (Å²) in [7, 11) is 0. The maximum absolute atomic E-state index is 5.72. The Morgan fingerprint density at radius 2 is 1.58 bits per heavy atom. The molecule has 2 nitrogen and oxygen atoms in total. The van der Waals surface area contributed by atoms with Crippen molar-refractivity contribution in [3.05, 3.63) is 33.9 Å². The van der Waals surface area contributed by atoms with Crippen molar-refractivity contribution in [2.24, 2.45) is 0 Å². The van der Waals surface area contributed by atoms with Gasteiger partial charge in [-0.15, -0.1) is 0 Å². The molecule has 0 unspecified atom stereocenters. The van der Waals surface area contributed by atoms with Crippen LogP contribution in [-0.2, 0) is 11.2 Å². The Morgan fingerprint density at radius 1 is 1.00 bits per heavy atom. The molecule has 0 heterocycles. The van der Waals surface area contributed by atoms with Crippen LogP contribution in [0, 0.1) is 27.7 Å². The van der Waals surface area contributed by atoms with Crippen molar-refractivity contribution in [1.29, 1.82) is 0 Å². The molecular weight excluding hydrogens is 234 g/mol. The molecule has 2 heteroatoms. The molecule has 0 spiro atoms. The van der Waals surface area contributed by atoms with Gasteiger partial charge in [0.25, 0.3) is 0 Å². The van der Waals surface area contributed by atoms with E-state index in [-0.39, 0.29) is 0 Å². The molecule has 0 atom stereocenters. The third-order valence-corrected chi connectivity index (χ3v) is 3.82. The van der Waals surface area contributed by atoms with Crippen LogP contribution in [0.25, 0.3) is 0 Å². The van der Waals surface area contributed by atoms with Gasteiger partial charge in [0.15, 0.2) is 0 Å². The van der Waals surface area contributed by atoms with Crippen molar-refractivity contribution in [3.63, 3.8) is 0 Å². The number of ether oxygens (including phenoxy) is 1. The number of benzene rings is 1. The van der Waals surface area contributed by atoms with E-state index < -0.39 is 0 Å². The van der Waals surface area contributed by atoms with Gasteiger partial charge in [0, 0.05) is 12.6 Å². The number of hydrogen-bond acceptors (Lipinski definition) is 2. The van der Waals surface area contributed by atoms with Crippen LogP contribution in [0.1, 0.15) is 41.7 Å². The lowest BCUT2D eigenvalue weighted by Gasteiger charge is -2.15. The molecule has 0 saturated carbocycles. The highest BCUT2D eigenvalue weighted by atomic mass is 16.5. The number of nitrogens with one attached hydrogen (secondary N) is 1. The van der Waals surface area contributed by atoms with E-state index in [1.54, 1.807) is 0 Å². The van der Waals surface area contributed by atoms with Crippen LogP contribution in [0.15, 0.2) is 6.07 Å². The van der Waals surface area contributed by atoms with Crippen LogP contribution in [-0.4, -0.2) is 25.8 Å². The topological polar surface area (TPSA) is 21.3 Å². The average Bonchev–Trinajstić information content (AvgIpc) is 2.34. The maximum Gasteiger partial charge on any atom is 0.0591 e. The highest BCUT2D eigenvalue weighted by molar-refractivity contribution is 5.44. The third-order valence-electron chi connectivity index (χ3n) is 3.82. The zero-order valence-corrected chi connectivity index (χ0v) is 13.4. The van der Waals surface area contributed by atoms with Crippen LogP contribution in [0.2, 0.25) is 0 Å². The van der Waals surface area contributed by atoms with Crippen LogP contribution >= 0.6 is 0 Å². The third kappa shape index (κ3) is 4.96. The second-order valence-electron chi connectivity index (χ2n) is 5.71. The van der Waals surface area contributed by atoms with Crippen LogP contribution in [0.3, 0.4) is 0 Å². The standard InChI is InChI=1S/C17H29NO/c1-12(2)18-8-10-19-9-7-17-15(5)13(3)11-14(4)16(17)6/h11-12,18H,7-10H2,1-6H3. The normalized spacial score (nSPS) is 11.3. The molecule has 0 bridgehead atoms. The quantitative estimate of drug-likeness (QED) is 0.761. The van der Waals surface area contributed by atoms with Gasteiger partial charge in [-0.05, 0) is 61.9 Å². The monoisotopic (exact) mass is 263 g/mol. The molecule has 0 radical (unpaired) electrons. The van der Waals surface area contributed by atoms with Gasteiger partial charge < -0.3 is 10.1 Å². The summed E-state index contributed by atoms with van der Waals surface area (Å²) in [5.41, 5.74) is 7.09. The highest BCUT2D eigenvalue weighted by Crippen LogP contribution is 2.21. The average molecular weight is 263 g/mol. The van der Waals surface area contributed by atoms with Gasteiger partial charge in [0.1, 0.15) is 0 Å². The van der Waals surface area contributed by atoms with E-state index in [9.17, 15) is 0 Å². The molecule has 0 aliphatic heterocycles. The molecule has 0 aliphatic carbocycles. The van der Waals surface area contributed by atoms with Crippen molar-refractivity contribution < 1.29 is 4.74 Å². The van der Waals surface area contributed by atoms with E-state index in [1.807, 2.05) is 0 Å². The fourth-order valence-electron chi connectivity index (χ4n) is 2.37. The predicted octanol–water partition coefficient (Wildman–Crippen LogP) is 3.48. The second-order valence-corrected chi connectivity index (χ2v) is 5.71. The van der Waals surface area contributed by atoms with Gasteiger partial charge in [0.2, 0.25) is 0 Å². The Kier molecular flexibility index (Phi) is 6.53. The SMILES string of the molecule is Cc1cc(C)c(C)c(CCOCCNC(C)C)c1C. The fourth-order valence-corrected chi connectivity index (χ4v) is 2.37. The molecule has 0 aromatic heterocycles. The van der Waals surface area contributed by atoms with E-state index in [2.05, 4.69) is 52.9 Å². The zero-order valence-electron chi connectivity index (χ0n) is 13.4. The Balaban J connectivity index is 2.45. The molecule has 0 fully saturated rings. The summed E-state index contributed by atoms with van der Waals surface area (Å²) in [4.78, 5) is 0. The summed E-state index contributed by atoms with van der Waals surface area (Å²) in [6.45, 7) is 15.7. The van der Waals surface area contributed by atoms with Gasteiger partial charge >= 0.3 is 0 Å². The van der Waals surface area contributed by atoms with Crippen molar-refractivity contribution in [3.8, 4) is 0 Å². The van der Waals surface area contributed by atoms with Crippen LogP contribution in [0.5, 0.6) is 0 Å². The van der Waals surface area contributed by atoms with Crippen LogP contribution in [0.4, 0.5) is 0 Å². The van der Waals surface area contributed by atoms with Crippen molar-refractivity contribution in [1.82, 2.24) is 5.32 Å². The summed E-state index contributed by atoms with van der Waals surface area (Å²) in [6.07, 6.45) is 1.02. The molecule has 0 saturated heterocycles. The lowest BCUT2D eigenvalue weighted by Crippen LogP contribution is -2.26. The minimum Gasteiger partial charge on any atom is -0.380 e. The number of hydrogen-bond donors (Lipinski definition) is 1. The lowest BCUT2D eigenvalue weighted by molar-refractivity contribution is 0.137. The lowest BCUT2D eigenvalue weighted by atomic mass is 9.92. The molecule has 108 valence electrons. The van der Waals surface area contributed by atoms with E-state index in [0.717, 1.165) is 26.2 Å². The van der Waals surface area contributed by atoms with Crippen LogP contribution < -0.4 is 5.32 Å². The molecule has 1 aromatic carbocycles. The molecule has 1 N–H and O–H groups in total. The summed E-state index contributed by atoms with van der Waals surface area (Å²) in [5.74, 6) is 0. The maximum atomic E-state index is 5.72. The van der Waals surface area contributed by atoms with E-state index >= 15 is 0 Å². The summed E-state index contributed by atoms with van der Waals surface area (Å²) < 4.78 is 5.72. The largest absolute Gasteiger partial charge is 0.380 e. The number of rotatable bonds is 7. The van der Waals surface area contributed by atoms with Crippen molar-refractivity contribution >= 4 is 0 Å². The van der Waals surface area contributed by atoms with Gasteiger partial charge in [-0.1, -0.05) is 19.9 Å². The Hall–Kier alpha value is -0.860. The molecule has 1 rings (SSSR count). The number of aryl methyl sites for hydroxylation is 2. The molecule has 0 aliphatic rings. The smallest absolute Gasteiger partial charge is 0.0591 e. The first-order chi connectivity index (χ1) is 8.93. The van der Waals surface area contributed by atoms with Crippen molar-refractivity contribution in [2.45, 2.75) is 54.0 Å². The van der Waals surface area contributed by atoms with Gasteiger partial charge in [-0.3, -0.25) is 0 Å².